The van der Waals surface area contributed by atoms with Gasteiger partial charge in [0.15, 0.2) is 0 Å². The number of aliphatic carboxylic acids is 1. The van der Waals surface area contributed by atoms with E-state index in [2.05, 4.69) is 41.4 Å². The standard InChI is InChI=1S/C35H37N3O4S/c1-21(17-32(39)40)27-19-28(24-7-5-4-6-8-24)33(29(20-27)35(41)38-13-15-42-16-14-38)26-10-11-30-25(18-26)9-12-31(37-30)34-22(2)36-23(3)43-34/h9-12,17-20,24H,4-8,13-16H2,1-3H3,(H,39,40). The lowest BCUT2D eigenvalue weighted by Gasteiger charge is -2.30. The van der Waals surface area contributed by atoms with Gasteiger partial charge >= 0.3 is 5.97 Å². The monoisotopic (exact) mass is 595 g/mol. The summed E-state index contributed by atoms with van der Waals surface area (Å²) in [6, 6.07) is 14.5. The summed E-state index contributed by atoms with van der Waals surface area (Å²) in [5, 5.41) is 11.5. The van der Waals surface area contributed by atoms with Crippen LogP contribution in [-0.4, -0.2) is 58.2 Å². The van der Waals surface area contributed by atoms with Crippen molar-refractivity contribution in [2.45, 2.75) is 58.8 Å². The third-order valence-electron chi connectivity index (χ3n) is 8.65. The zero-order valence-corrected chi connectivity index (χ0v) is 25.8. The highest BCUT2D eigenvalue weighted by atomic mass is 32.1. The Kier molecular flexibility index (Phi) is 8.41. The maximum Gasteiger partial charge on any atom is 0.328 e. The molecule has 3 heterocycles. The molecule has 1 saturated heterocycles. The average Bonchev–Trinajstić information content (AvgIpc) is 3.37. The third-order valence-corrected chi connectivity index (χ3v) is 9.75. The van der Waals surface area contributed by atoms with E-state index in [1.165, 1.54) is 12.5 Å². The number of amides is 1. The van der Waals surface area contributed by atoms with E-state index in [4.69, 9.17) is 9.72 Å². The zero-order chi connectivity index (χ0) is 30.1. The highest BCUT2D eigenvalue weighted by Gasteiger charge is 2.28. The first kappa shape index (κ1) is 29.2. The first-order valence-electron chi connectivity index (χ1n) is 15.1. The number of ether oxygens (including phenoxy) is 1. The molecule has 0 unspecified atom stereocenters. The van der Waals surface area contributed by atoms with E-state index in [9.17, 15) is 14.7 Å². The van der Waals surface area contributed by atoms with Gasteiger partial charge in [-0.3, -0.25) is 4.79 Å². The number of rotatable bonds is 6. The number of carbonyl (C=O) groups excluding carboxylic acids is 1. The summed E-state index contributed by atoms with van der Waals surface area (Å²) in [5.41, 5.74) is 7.90. The molecule has 2 aliphatic rings. The number of hydrogen-bond acceptors (Lipinski definition) is 6. The van der Waals surface area contributed by atoms with Crippen LogP contribution in [0.15, 0.2) is 48.5 Å². The summed E-state index contributed by atoms with van der Waals surface area (Å²) >= 11 is 1.65. The van der Waals surface area contributed by atoms with Gasteiger partial charge in [-0.15, -0.1) is 11.3 Å². The Morgan fingerprint density at radius 3 is 2.47 bits per heavy atom. The molecule has 8 heteroatoms. The van der Waals surface area contributed by atoms with Crippen molar-refractivity contribution in [1.82, 2.24) is 14.9 Å². The van der Waals surface area contributed by atoms with E-state index in [1.54, 1.807) is 11.3 Å². The fraction of sp³-hybridized carbons (Fsp3) is 0.371. The predicted octanol–water partition coefficient (Wildman–Crippen LogP) is 7.65. The summed E-state index contributed by atoms with van der Waals surface area (Å²) in [5.74, 6) is -0.733. The van der Waals surface area contributed by atoms with Crippen LogP contribution in [0.25, 0.3) is 38.2 Å². The van der Waals surface area contributed by atoms with Crippen LogP contribution in [0.2, 0.25) is 0 Å². The third kappa shape index (κ3) is 6.12. The van der Waals surface area contributed by atoms with E-state index in [0.717, 1.165) is 80.1 Å². The van der Waals surface area contributed by atoms with E-state index in [1.807, 2.05) is 31.7 Å². The quantitative estimate of drug-likeness (QED) is 0.230. The van der Waals surface area contributed by atoms with Gasteiger partial charge in [-0.05, 0) is 91.6 Å². The number of hydrogen-bond donors (Lipinski definition) is 1. The van der Waals surface area contributed by atoms with Crippen LogP contribution in [0.5, 0.6) is 0 Å². The molecule has 2 aromatic heterocycles. The lowest BCUT2D eigenvalue weighted by atomic mass is 9.78. The van der Waals surface area contributed by atoms with Crippen molar-refractivity contribution in [2.75, 3.05) is 26.3 Å². The first-order valence-corrected chi connectivity index (χ1v) is 15.9. The number of carbonyl (C=O) groups is 2. The van der Waals surface area contributed by atoms with Gasteiger partial charge in [0, 0.05) is 30.1 Å². The number of benzene rings is 2. The molecule has 1 aliphatic carbocycles. The van der Waals surface area contributed by atoms with Crippen molar-refractivity contribution in [3.8, 4) is 21.7 Å². The number of thiazole rings is 1. The Bertz CT molecular complexity index is 1730. The lowest BCUT2D eigenvalue weighted by molar-refractivity contribution is -0.131. The second-order valence-corrected chi connectivity index (χ2v) is 12.8. The number of carboxylic acid groups (broad SMARTS) is 1. The molecule has 1 N–H and O–H groups in total. The SMILES string of the molecule is CC(=CC(=O)O)c1cc(C(=O)N2CCOCC2)c(-c2ccc3nc(-c4sc(C)nc4C)ccc3c2)c(C2CCCCC2)c1. The molecule has 43 heavy (non-hydrogen) atoms. The van der Waals surface area contributed by atoms with Gasteiger partial charge in [0.25, 0.3) is 5.91 Å². The minimum Gasteiger partial charge on any atom is -0.478 e. The molecule has 0 bridgehead atoms. The first-order chi connectivity index (χ1) is 20.8. The van der Waals surface area contributed by atoms with Gasteiger partial charge in [-0.2, -0.15) is 0 Å². The molecule has 4 aromatic rings. The molecule has 7 nitrogen and oxygen atoms in total. The van der Waals surface area contributed by atoms with Crippen molar-refractivity contribution < 1.29 is 19.4 Å². The largest absolute Gasteiger partial charge is 0.478 e. The van der Waals surface area contributed by atoms with Gasteiger partial charge in [-0.1, -0.05) is 37.5 Å². The number of allylic oxidation sites excluding steroid dienone is 1. The highest BCUT2D eigenvalue weighted by molar-refractivity contribution is 7.15. The molecule has 1 aliphatic heterocycles. The van der Waals surface area contributed by atoms with Crippen LogP contribution >= 0.6 is 11.3 Å². The molecule has 0 spiro atoms. The molecule has 222 valence electrons. The summed E-state index contributed by atoms with van der Waals surface area (Å²) in [4.78, 5) is 38.4. The van der Waals surface area contributed by atoms with E-state index >= 15 is 0 Å². The number of carboxylic acids is 1. The zero-order valence-electron chi connectivity index (χ0n) is 25.0. The second-order valence-electron chi connectivity index (χ2n) is 11.6. The topological polar surface area (TPSA) is 92.6 Å². The minimum absolute atomic E-state index is 0.0371. The molecule has 1 amide bonds. The Balaban J connectivity index is 1.53. The molecule has 2 fully saturated rings. The maximum absolute atomic E-state index is 14.2. The van der Waals surface area contributed by atoms with Crippen molar-refractivity contribution in [3.63, 3.8) is 0 Å². The van der Waals surface area contributed by atoms with E-state index in [0.29, 0.717) is 43.4 Å². The Hall–Kier alpha value is -3.88. The van der Waals surface area contributed by atoms with E-state index < -0.39 is 5.97 Å². The molecule has 2 aromatic carbocycles. The Morgan fingerprint density at radius 2 is 1.77 bits per heavy atom. The molecule has 6 rings (SSSR count). The van der Waals surface area contributed by atoms with Gasteiger partial charge in [0.05, 0.1) is 40.0 Å². The maximum atomic E-state index is 14.2. The highest BCUT2D eigenvalue weighted by Crippen LogP contribution is 2.42. The van der Waals surface area contributed by atoms with Crippen LogP contribution in [-0.2, 0) is 9.53 Å². The average molecular weight is 596 g/mol. The second kappa shape index (κ2) is 12.4. The summed E-state index contributed by atoms with van der Waals surface area (Å²) in [7, 11) is 0. The van der Waals surface area contributed by atoms with Crippen LogP contribution in [0.3, 0.4) is 0 Å². The van der Waals surface area contributed by atoms with Crippen molar-refractivity contribution in [1.29, 1.82) is 0 Å². The van der Waals surface area contributed by atoms with Crippen molar-refractivity contribution in [2.24, 2.45) is 0 Å². The number of fused-ring (bicyclic) bond motifs is 1. The number of morpholine rings is 1. The fourth-order valence-corrected chi connectivity index (χ4v) is 7.39. The van der Waals surface area contributed by atoms with Gasteiger partial charge < -0.3 is 14.7 Å². The number of pyridine rings is 1. The van der Waals surface area contributed by atoms with Gasteiger partial charge in [0.2, 0.25) is 0 Å². The van der Waals surface area contributed by atoms with Crippen LogP contribution in [0, 0.1) is 13.8 Å². The van der Waals surface area contributed by atoms with Crippen LogP contribution < -0.4 is 0 Å². The number of aryl methyl sites for hydroxylation is 2. The lowest BCUT2D eigenvalue weighted by Crippen LogP contribution is -2.41. The van der Waals surface area contributed by atoms with Crippen molar-refractivity contribution in [3.05, 3.63) is 75.9 Å². The Morgan fingerprint density at radius 1 is 1.00 bits per heavy atom. The van der Waals surface area contributed by atoms with Gasteiger partial charge in [0.1, 0.15) is 0 Å². The minimum atomic E-state index is -0.994. The summed E-state index contributed by atoms with van der Waals surface area (Å²) in [6.07, 6.45) is 6.84. The van der Waals surface area contributed by atoms with Crippen molar-refractivity contribution >= 4 is 39.7 Å². The number of aromatic nitrogens is 2. The molecular formula is C35H37N3O4S. The van der Waals surface area contributed by atoms with Gasteiger partial charge in [-0.25, -0.2) is 14.8 Å². The number of nitrogens with zero attached hydrogens (tertiary/aromatic N) is 3. The summed E-state index contributed by atoms with van der Waals surface area (Å²) in [6.45, 7) is 7.93. The fourth-order valence-electron chi connectivity index (χ4n) is 6.50. The summed E-state index contributed by atoms with van der Waals surface area (Å²) < 4.78 is 5.55. The normalized spacial score (nSPS) is 16.5. The molecule has 1 saturated carbocycles. The van der Waals surface area contributed by atoms with Crippen LogP contribution in [0.4, 0.5) is 0 Å². The molecular weight excluding hydrogens is 558 g/mol. The molecule has 0 atom stereocenters. The Labute approximate surface area is 256 Å². The predicted molar refractivity (Wildman–Crippen MR) is 172 cm³/mol. The van der Waals surface area contributed by atoms with E-state index in [-0.39, 0.29) is 5.91 Å². The molecule has 0 radical (unpaired) electrons. The van der Waals surface area contributed by atoms with Crippen LogP contribution in [0.1, 0.15) is 77.1 Å². The smallest absolute Gasteiger partial charge is 0.328 e.